The Labute approximate surface area is 138 Å². The Hall–Kier alpha value is -2.02. The van der Waals surface area contributed by atoms with Crippen molar-refractivity contribution in [2.24, 2.45) is 7.05 Å². The molecule has 5 heteroatoms. The van der Waals surface area contributed by atoms with Crippen molar-refractivity contribution in [3.8, 4) is 11.5 Å². The summed E-state index contributed by atoms with van der Waals surface area (Å²) < 4.78 is 8.39. The van der Waals surface area contributed by atoms with E-state index >= 15 is 0 Å². The Morgan fingerprint density at radius 1 is 1.14 bits per heavy atom. The van der Waals surface area contributed by atoms with Gasteiger partial charge in [-0.15, -0.1) is 0 Å². The molecule has 0 atom stereocenters. The first-order valence-corrected chi connectivity index (χ1v) is 8.87. The van der Waals surface area contributed by atoms with Crippen molar-refractivity contribution in [2.45, 2.75) is 0 Å². The third-order valence-corrected chi connectivity index (χ3v) is 6.31. The highest BCUT2D eigenvalue weighted by molar-refractivity contribution is 5.86. The number of halogens is 1. The summed E-state index contributed by atoms with van der Waals surface area (Å²) in [7, 11) is 3.30. The molecule has 0 saturated carbocycles. The third kappa shape index (κ3) is 2.56. The second-order valence-corrected chi connectivity index (χ2v) is 7.66. The fourth-order valence-electron chi connectivity index (χ4n) is 2.26. The number of aromatic hydroxyl groups is 1. The second kappa shape index (κ2) is 6.00. The van der Waals surface area contributed by atoms with Crippen LogP contribution >= 0.6 is 0 Å². The number of benzene rings is 2. The van der Waals surface area contributed by atoms with E-state index in [1.807, 2.05) is 30.3 Å². The summed E-state index contributed by atoms with van der Waals surface area (Å²) in [5, 5.41) is 11.2. The number of aromatic nitrogens is 1. The Balaban J connectivity index is 2.22. The maximum atomic E-state index is 12.6. The Morgan fingerprint density at radius 3 is 2.55 bits per heavy atom. The number of nitrogens with zero attached hydrogens (tertiary/aromatic N) is 1. The molecular formula is C17H15INO3+. The highest BCUT2D eigenvalue weighted by Gasteiger charge is 2.28. The van der Waals surface area contributed by atoms with Gasteiger partial charge in [-0.1, -0.05) is 18.2 Å². The van der Waals surface area contributed by atoms with Crippen LogP contribution in [0.15, 0.2) is 53.3 Å². The summed E-state index contributed by atoms with van der Waals surface area (Å²) >= 11 is -0.733. The van der Waals surface area contributed by atoms with Crippen LogP contribution in [0.5, 0.6) is 11.5 Å². The molecule has 0 aliphatic heterocycles. The maximum Gasteiger partial charge on any atom is 0.368 e. The molecule has 0 fully saturated rings. The van der Waals surface area contributed by atoms with Crippen LogP contribution in [-0.2, 0) is 7.05 Å². The van der Waals surface area contributed by atoms with Gasteiger partial charge in [-0.2, -0.15) is 0 Å². The van der Waals surface area contributed by atoms with E-state index in [0.717, 1.165) is 3.57 Å². The number of fused-ring (bicyclic) bond motifs is 1. The van der Waals surface area contributed by atoms with Crippen molar-refractivity contribution >= 4 is 10.9 Å². The number of pyridine rings is 1. The van der Waals surface area contributed by atoms with E-state index in [-0.39, 0.29) is 11.3 Å². The van der Waals surface area contributed by atoms with Crippen LogP contribution in [0.1, 0.15) is 0 Å². The van der Waals surface area contributed by atoms with Crippen molar-refractivity contribution in [3.05, 3.63) is 66.0 Å². The van der Waals surface area contributed by atoms with Crippen molar-refractivity contribution in [2.75, 3.05) is 7.11 Å². The minimum atomic E-state index is -0.733. The van der Waals surface area contributed by atoms with Crippen molar-refractivity contribution in [1.82, 2.24) is 4.57 Å². The molecule has 1 N–H and O–H groups in total. The first-order chi connectivity index (χ1) is 10.6. The smallest absolute Gasteiger partial charge is 0.368 e. The molecule has 2 aromatic carbocycles. The van der Waals surface area contributed by atoms with Gasteiger partial charge in [0.1, 0.15) is 5.75 Å². The van der Waals surface area contributed by atoms with Crippen LogP contribution in [0.3, 0.4) is 0 Å². The van der Waals surface area contributed by atoms with Crippen LogP contribution in [0.2, 0.25) is 0 Å². The molecule has 0 aliphatic rings. The quantitative estimate of drug-likeness (QED) is 0.588. The molecule has 3 rings (SSSR count). The summed E-state index contributed by atoms with van der Waals surface area (Å²) in [4.78, 5) is 12.6. The largest absolute Gasteiger partial charge is 0.503 e. The molecule has 4 nitrogen and oxygen atoms in total. The number of hydrogen-bond acceptors (Lipinski definition) is 3. The van der Waals surface area contributed by atoms with Gasteiger partial charge in [-0.3, -0.25) is 4.79 Å². The van der Waals surface area contributed by atoms with E-state index in [4.69, 9.17) is 4.74 Å². The van der Waals surface area contributed by atoms with Crippen LogP contribution in [0.4, 0.5) is 0 Å². The summed E-state index contributed by atoms with van der Waals surface area (Å²) in [5.41, 5.74) is 0.526. The standard InChI is InChI=1S/C17H14INO3/c1-19-14-10-12(22-2)8-9-13(14)16(20)15(17(19)21)18-11-6-4-3-5-7-11/h3-10H,1-2H3/p+1. The van der Waals surface area contributed by atoms with E-state index in [1.54, 1.807) is 36.9 Å². The molecule has 0 saturated heterocycles. The van der Waals surface area contributed by atoms with Crippen LogP contribution < -0.4 is 31.5 Å². The predicted octanol–water partition coefficient (Wildman–Crippen LogP) is -0.619. The highest BCUT2D eigenvalue weighted by atomic mass is 127. The van der Waals surface area contributed by atoms with E-state index < -0.39 is 21.2 Å². The van der Waals surface area contributed by atoms with Crippen LogP contribution in [0.25, 0.3) is 10.9 Å². The van der Waals surface area contributed by atoms with Gasteiger partial charge in [0, 0.05) is 18.5 Å². The Kier molecular flexibility index (Phi) is 4.06. The lowest BCUT2D eigenvalue weighted by atomic mass is 10.2. The molecule has 0 bridgehead atoms. The van der Waals surface area contributed by atoms with Gasteiger partial charge < -0.3 is 14.4 Å². The molecule has 22 heavy (non-hydrogen) atoms. The van der Waals surface area contributed by atoms with Gasteiger partial charge in [-0.25, -0.2) is 0 Å². The van der Waals surface area contributed by atoms with Gasteiger partial charge in [-0.05, 0) is 24.3 Å². The van der Waals surface area contributed by atoms with E-state index in [1.165, 1.54) is 0 Å². The molecule has 0 unspecified atom stereocenters. The zero-order chi connectivity index (χ0) is 15.7. The van der Waals surface area contributed by atoms with Gasteiger partial charge in [0.2, 0.25) is 0 Å². The monoisotopic (exact) mass is 408 g/mol. The maximum absolute atomic E-state index is 12.6. The predicted molar refractivity (Wildman–Crippen MR) is 81.2 cm³/mol. The molecule has 3 aromatic rings. The number of rotatable bonds is 3. The molecule has 0 spiro atoms. The topological polar surface area (TPSA) is 51.5 Å². The molecule has 1 heterocycles. The van der Waals surface area contributed by atoms with Gasteiger partial charge in [0.05, 0.1) is 12.6 Å². The number of methoxy groups -OCH3 is 1. The van der Waals surface area contributed by atoms with Crippen molar-refractivity contribution in [1.29, 1.82) is 0 Å². The lowest BCUT2D eigenvalue weighted by Gasteiger charge is -2.08. The summed E-state index contributed by atoms with van der Waals surface area (Å²) in [6.07, 6.45) is 0. The SMILES string of the molecule is COc1ccc2c(O)c([I+]c3ccccc3)c(=O)n(C)c2c1. The number of hydrogen-bond donors (Lipinski definition) is 1. The van der Waals surface area contributed by atoms with E-state index in [9.17, 15) is 9.90 Å². The Morgan fingerprint density at radius 2 is 1.86 bits per heavy atom. The van der Waals surface area contributed by atoms with Gasteiger partial charge >= 0.3 is 30.3 Å². The normalized spacial score (nSPS) is 10.8. The first-order valence-electron chi connectivity index (χ1n) is 6.71. The Bertz CT molecular complexity index is 888. The lowest BCUT2D eigenvalue weighted by Crippen LogP contribution is -3.62. The third-order valence-electron chi connectivity index (χ3n) is 3.46. The molecule has 0 radical (unpaired) electrons. The molecular weight excluding hydrogens is 393 g/mol. The second-order valence-electron chi connectivity index (χ2n) is 4.80. The van der Waals surface area contributed by atoms with Gasteiger partial charge in [0.15, 0.2) is 9.32 Å². The first kappa shape index (κ1) is 14.9. The van der Waals surface area contributed by atoms with Gasteiger partial charge in [0.25, 0.3) is 0 Å². The van der Waals surface area contributed by atoms with Crippen molar-refractivity contribution < 1.29 is 31.0 Å². The summed E-state index contributed by atoms with van der Waals surface area (Å²) in [6, 6.07) is 15.2. The average Bonchev–Trinajstić information content (AvgIpc) is 2.57. The number of ether oxygens (including phenoxy) is 1. The highest BCUT2D eigenvalue weighted by Crippen LogP contribution is 2.25. The summed E-state index contributed by atoms with van der Waals surface area (Å²) in [6.45, 7) is 0. The molecule has 112 valence electrons. The van der Waals surface area contributed by atoms with Crippen molar-refractivity contribution in [3.63, 3.8) is 0 Å². The zero-order valence-corrected chi connectivity index (χ0v) is 14.4. The fraction of sp³-hybridized carbons (Fsp3) is 0.118. The van der Waals surface area contributed by atoms with Crippen LogP contribution in [-0.4, -0.2) is 16.8 Å². The lowest BCUT2D eigenvalue weighted by molar-refractivity contribution is -0.600. The molecule has 0 amide bonds. The minimum absolute atomic E-state index is 0.0948. The van der Waals surface area contributed by atoms with E-state index in [0.29, 0.717) is 20.2 Å². The zero-order valence-electron chi connectivity index (χ0n) is 12.2. The average molecular weight is 408 g/mol. The molecule has 0 aliphatic carbocycles. The van der Waals surface area contributed by atoms with Crippen LogP contribution in [0, 0.1) is 7.14 Å². The number of aryl methyl sites for hydroxylation is 1. The summed E-state index contributed by atoms with van der Waals surface area (Å²) in [5.74, 6) is 0.754. The molecule has 1 aromatic heterocycles. The minimum Gasteiger partial charge on any atom is -0.503 e. The fourth-order valence-corrected chi connectivity index (χ4v) is 4.80. The van der Waals surface area contributed by atoms with E-state index in [2.05, 4.69) is 0 Å².